The second-order valence-corrected chi connectivity index (χ2v) is 4.23. The molecule has 0 aliphatic rings. The number of hydrogen-bond donors (Lipinski definition) is 2. The predicted molar refractivity (Wildman–Crippen MR) is 64.1 cm³/mol. The second-order valence-electron chi connectivity index (χ2n) is 3.25. The van der Waals surface area contributed by atoms with Crippen LogP contribution in [-0.4, -0.2) is 31.3 Å². The number of aromatic amines is 1. The summed E-state index contributed by atoms with van der Waals surface area (Å²) in [6.07, 6.45) is 3.28. The third-order valence-electron chi connectivity index (χ3n) is 2.00. The lowest BCUT2D eigenvalue weighted by Gasteiger charge is -2.03. The SMILES string of the molecule is CCNc1cncc(Sc2n[nH]c(=O)n2C)n1. The Kier molecular flexibility index (Phi) is 3.43. The van der Waals surface area contributed by atoms with Crippen molar-refractivity contribution in [1.29, 1.82) is 0 Å². The van der Waals surface area contributed by atoms with Crippen molar-refractivity contribution in [3.8, 4) is 0 Å². The Balaban J connectivity index is 2.21. The van der Waals surface area contributed by atoms with E-state index < -0.39 is 0 Å². The average molecular weight is 252 g/mol. The van der Waals surface area contributed by atoms with Crippen LogP contribution < -0.4 is 11.0 Å². The van der Waals surface area contributed by atoms with Gasteiger partial charge in [0.05, 0.1) is 12.4 Å². The Morgan fingerprint density at radius 1 is 1.53 bits per heavy atom. The van der Waals surface area contributed by atoms with E-state index in [0.29, 0.717) is 16.0 Å². The van der Waals surface area contributed by atoms with Gasteiger partial charge in [-0.2, -0.15) is 0 Å². The first kappa shape index (κ1) is 11.6. The Morgan fingerprint density at radius 2 is 2.35 bits per heavy atom. The van der Waals surface area contributed by atoms with Gasteiger partial charge in [-0.05, 0) is 18.7 Å². The molecule has 2 aromatic rings. The maximum Gasteiger partial charge on any atom is 0.343 e. The molecule has 0 bridgehead atoms. The number of aromatic nitrogens is 5. The summed E-state index contributed by atoms with van der Waals surface area (Å²) >= 11 is 1.28. The van der Waals surface area contributed by atoms with Gasteiger partial charge in [0.1, 0.15) is 10.8 Å². The van der Waals surface area contributed by atoms with E-state index in [1.165, 1.54) is 16.3 Å². The molecular formula is C9H12N6OS. The van der Waals surface area contributed by atoms with E-state index in [1.54, 1.807) is 19.4 Å². The summed E-state index contributed by atoms with van der Waals surface area (Å²) in [5, 5.41) is 10.6. The molecule has 2 aromatic heterocycles. The van der Waals surface area contributed by atoms with Crippen LogP contribution in [0.25, 0.3) is 0 Å². The first-order chi connectivity index (χ1) is 8.20. The van der Waals surface area contributed by atoms with Gasteiger partial charge in [-0.15, -0.1) is 5.10 Å². The molecule has 0 aliphatic carbocycles. The minimum absolute atomic E-state index is 0.247. The molecule has 2 N–H and O–H groups in total. The first-order valence-electron chi connectivity index (χ1n) is 5.06. The van der Waals surface area contributed by atoms with Gasteiger partial charge in [0.2, 0.25) is 0 Å². The second kappa shape index (κ2) is 5.00. The number of nitrogens with zero attached hydrogens (tertiary/aromatic N) is 4. The highest BCUT2D eigenvalue weighted by Crippen LogP contribution is 2.22. The minimum Gasteiger partial charge on any atom is -0.369 e. The topological polar surface area (TPSA) is 88.5 Å². The van der Waals surface area contributed by atoms with E-state index >= 15 is 0 Å². The molecule has 0 aliphatic heterocycles. The lowest BCUT2D eigenvalue weighted by Crippen LogP contribution is -2.12. The molecule has 8 heteroatoms. The maximum atomic E-state index is 11.2. The zero-order valence-electron chi connectivity index (χ0n) is 9.47. The summed E-state index contributed by atoms with van der Waals surface area (Å²) in [6, 6.07) is 0. The first-order valence-corrected chi connectivity index (χ1v) is 5.87. The highest BCUT2D eigenvalue weighted by Gasteiger charge is 2.07. The Morgan fingerprint density at radius 3 is 3.00 bits per heavy atom. The summed E-state index contributed by atoms with van der Waals surface area (Å²) < 4.78 is 1.42. The number of H-pyrrole nitrogens is 1. The zero-order chi connectivity index (χ0) is 12.3. The number of rotatable bonds is 4. The molecule has 0 saturated carbocycles. The summed E-state index contributed by atoms with van der Waals surface area (Å²) in [5.41, 5.74) is -0.247. The highest BCUT2D eigenvalue weighted by molar-refractivity contribution is 7.99. The van der Waals surface area contributed by atoms with Crippen LogP contribution in [0, 0.1) is 0 Å². The maximum absolute atomic E-state index is 11.2. The number of hydrogen-bond acceptors (Lipinski definition) is 6. The van der Waals surface area contributed by atoms with Crippen LogP contribution in [-0.2, 0) is 7.05 Å². The summed E-state index contributed by atoms with van der Waals surface area (Å²) in [4.78, 5) is 19.6. The van der Waals surface area contributed by atoms with E-state index in [0.717, 1.165) is 6.54 Å². The normalized spacial score (nSPS) is 10.5. The summed E-state index contributed by atoms with van der Waals surface area (Å²) in [6.45, 7) is 2.77. The molecule has 2 heterocycles. The van der Waals surface area contributed by atoms with Crippen molar-refractivity contribution < 1.29 is 0 Å². The van der Waals surface area contributed by atoms with Crippen molar-refractivity contribution in [2.45, 2.75) is 17.1 Å². The van der Waals surface area contributed by atoms with Gasteiger partial charge in [-0.3, -0.25) is 9.55 Å². The molecule has 7 nitrogen and oxygen atoms in total. The van der Waals surface area contributed by atoms with E-state index in [-0.39, 0.29) is 5.69 Å². The molecule has 0 fully saturated rings. The van der Waals surface area contributed by atoms with Crippen LogP contribution in [0.15, 0.2) is 27.4 Å². The van der Waals surface area contributed by atoms with Gasteiger partial charge in [-0.1, -0.05) is 0 Å². The molecule has 90 valence electrons. The Labute approximate surface area is 102 Å². The summed E-state index contributed by atoms with van der Waals surface area (Å²) in [7, 11) is 1.65. The van der Waals surface area contributed by atoms with Crippen molar-refractivity contribution >= 4 is 17.6 Å². The molecule has 0 radical (unpaired) electrons. The Bertz CT molecular complexity index is 563. The smallest absolute Gasteiger partial charge is 0.343 e. The van der Waals surface area contributed by atoms with Gasteiger partial charge < -0.3 is 5.32 Å². The third-order valence-corrected chi connectivity index (χ3v) is 2.96. The summed E-state index contributed by atoms with van der Waals surface area (Å²) in [5.74, 6) is 0.707. The van der Waals surface area contributed by atoms with E-state index in [1.807, 2.05) is 6.92 Å². The lowest BCUT2D eigenvalue weighted by atomic mass is 10.6. The monoisotopic (exact) mass is 252 g/mol. The molecule has 2 rings (SSSR count). The van der Waals surface area contributed by atoms with Crippen molar-refractivity contribution in [2.24, 2.45) is 7.05 Å². The molecule has 0 saturated heterocycles. The van der Waals surface area contributed by atoms with Crippen molar-refractivity contribution in [1.82, 2.24) is 24.7 Å². The highest BCUT2D eigenvalue weighted by atomic mass is 32.2. The molecule has 0 amide bonds. The molecule has 0 atom stereocenters. The molecule has 0 aromatic carbocycles. The van der Waals surface area contributed by atoms with Crippen LogP contribution in [0.4, 0.5) is 5.82 Å². The van der Waals surface area contributed by atoms with Crippen LogP contribution in [0.1, 0.15) is 6.92 Å². The van der Waals surface area contributed by atoms with Crippen LogP contribution in [0.5, 0.6) is 0 Å². The van der Waals surface area contributed by atoms with Gasteiger partial charge >= 0.3 is 5.69 Å². The van der Waals surface area contributed by atoms with Gasteiger partial charge in [0.15, 0.2) is 5.16 Å². The lowest BCUT2D eigenvalue weighted by molar-refractivity contribution is 0.764. The Hall–Kier alpha value is -1.83. The van der Waals surface area contributed by atoms with Crippen LogP contribution >= 0.6 is 11.8 Å². The fourth-order valence-corrected chi connectivity index (χ4v) is 1.94. The van der Waals surface area contributed by atoms with Crippen molar-refractivity contribution in [2.75, 3.05) is 11.9 Å². The van der Waals surface area contributed by atoms with Crippen LogP contribution in [0.2, 0.25) is 0 Å². The average Bonchev–Trinajstić information content (AvgIpc) is 2.62. The predicted octanol–water partition coefficient (Wildman–Crippen LogP) is 0.481. The van der Waals surface area contributed by atoms with Gasteiger partial charge in [0.25, 0.3) is 0 Å². The largest absolute Gasteiger partial charge is 0.369 e. The fourth-order valence-electron chi connectivity index (χ4n) is 1.18. The third kappa shape index (κ3) is 2.64. The number of nitrogens with one attached hydrogen (secondary N) is 2. The van der Waals surface area contributed by atoms with E-state index in [4.69, 9.17) is 0 Å². The molecule has 0 unspecified atom stereocenters. The van der Waals surface area contributed by atoms with E-state index in [9.17, 15) is 4.79 Å². The zero-order valence-corrected chi connectivity index (χ0v) is 10.3. The molecular weight excluding hydrogens is 240 g/mol. The van der Waals surface area contributed by atoms with Crippen molar-refractivity contribution in [3.63, 3.8) is 0 Å². The quantitative estimate of drug-likeness (QED) is 0.823. The fraction of sp³-hybridized carbons (Fsp3) is 0.333. The van der Waals surface area contributed by atoms with Crippen LogP contribution in [0.3, 0.4) is 0 Å². The molecule has 17 heavy (non-hydrogen) atoms. The molecule has 0 spiro atoms. The number of anilines is 1. The van der Waals surface area contributed by atoms with E-state index in [2.05, 4.69) is 25.5 Å². The minimum atomic E-state index is -0.247. The standard InChI is InChI=1S/C9H12N6OS/c1-3-11-6-4-10-5-7(12-6)17-9-14-13-8(16)15(9)2/h4-5H,3H2,1-2H3,(H,11,12)(H,13,16). The van der Waals surface area contributed by atoms with Gasteiger partial charge in [-0.25, -0.2) is 14.9 Å². The van der Waals surface area contributed by atoms with Gasteiger partial charge in [0, 0.05) is 13.6 Å². The van der Waals surface area contributed by atoms with Crippen molar-refractivity contribution in [3.05, 3.63) is 22.9 Å².